The van der Waals surface area contributed by atoms with Crippen LogP contribution in [0.5, 0.6) is 5.75 Å². The Kier molecular flexibility index (Phi) is 5.14. The molecule has 4 rings (SSSR count). The molecule has 0 bridgehead atoms. The highest BCUT2D eigenvalue weighted by atomic mass is 16.4. The van der Waals surface area contributed by atoms with Crippen LogP contribution in [0.1, 0.15) is 55.6 Å². The number of aromatic hydroxyl groups is 1. The summed E-state index contributed by atoms with van der Waals surface area (Å²) in [6.45, 7) is 8.96. The Hall–Kier alpha value is -2.29. The molecule has 6 N–H and O–H groups in total. The van der Waals surface area contributed by atoms with E-state index >= 15 is 0 Å². The van der Waals surface area contributed by atoms with Crippen LogP contribution >= 0.6 is 0 Å². The van der Waals surface area contributed by atoms with Gasteiger partial charge in [0.1, 0.15) is 17.8 Å². The maximum atomic E-state index is 13.7. The van der Waals surface area contributed by atoms with Crippen molar-refractivity contribution in [1.82, 2.24) is 0 Å². The average Bonchev–Trinajstić information content (AvgIpc) is 2.67. The van der Waals surface area contributed by atoms with E-state index in [1.807, 2.05) is 27.7 Å². The van der Waals surface area contributed by atoms with E-state index in [4.69, 9.17) is 5.73 Å². The van der Waals surface area contributed by atoms with Gasteiger partial charge < -0.3 is 26.2 Å². The molecular formula is C25H33NO7. The minimum atomic E-state index is -2.47. The highest BCUT2D eigenvalue weighted by molar-refractivity contribution is 6.09. The Bertz CT molecular complexity index is 1070. The van der Waals surface area contributed by atoms with Crippen molar-refractivity contribution in [3.63, 3.8) is 0 Å². The Morgan fingerprint density at radius 3 is 2.33 bits per heavy atom. The van der Waals surface area contributed by atoms with Gasteiger partial charge in [0.25, 0.3) is 0 Å². The number of hydrogen-bond donors (Lipinski definition) is 5. The fourth-order valence-corrected chi connectivity index (χ4v) is 7.68. The third kappa shape index (κ3) is 2.77. The van der Waals surface area contributed by atoms with Crippen molar-refractivity contribution in [2.75, 3.05) is 0 Å². The van der Waals surface area contributed by atoms with Crippen LogP contribution in [0, 0.1) is 41.4 Å². The molecule has 0 aliphatic heterocycles. The Labute approximate surface area is 192 Å². The number of carbonyl (C=O) groups excluding carboxylic acids is 3. The number of Topliss-reactive ketones (excluding diaryl/α,β-unsaturated/α-hetero) is 2. The standard InChI is InChI=1S/C25H33NO7/c1-10(2)16-19(29)15(22(26)32)20(30)25(33)21(31)17-18(28)14-12(11(3)6-7-13(14)27)8-23(17,4)9-24(16,25)5/h6-7,10,15-17,19,21,27,29,31,33H,8-9H2,1-5H3,(H2,26,32)/t15-,16+,17-,19?,21?,23-,24-,25+/m1/s1. The number of amides is 1. The van der Waals surface area contributed by atoms with Crippen LogP contribution in [0.2, 0.25) is 0 Å². The number of primary amides is 1. The molecule has 8 heteroatoms. The van der Waals surface area contributed by atoms with E-state index in [0.29, 0.717) is 12.0 Å². The molecule has 1 amide bonds. The number of benzene rings is 1. The van der Waals surface area contributed by atoms with Crippen LogP contribution in [0.4, 0.5) is 0 Å². The zero-order chi connectivity index (χ0) is 24.8. The first-order valence-corrected chi connectivity index (χ1v) is 11.4. The number of aryl methyl sites for hydroxylation is 1. The van der Waals surface area contributed by atoms with Gasteiger partial charge in [-0.3, -0.25) is 14.4 Å². The summed E-state index contributed by atoms with van der Waals surface area (Å²) >= 11 is 0. The monoisotopic (exact) mass is 459 g/mol. The number of carbonyl (C=O) groups is 3. The van der Waals surface area contributed by atoms with E-state index in [0.717, 1.165) is 5.56 Å². The van der Waals surface area contributed by atoms with Crippen LogP contribution < -0.4 is 5.73 Å². The second-order valence-electron chi connectivity index (χ2n) is 11.2. The lowest BCUT2D eigenvalue weighted by Gasteiger charge is -2.66. The zero-order valence-corrected chi connectivity index (χ0v) is 19.6. The second kappa shape index (κ2) is 7.10. The smallest absolute Gasteiger partial charge is 0.230 e. The maximum Gasteiger partial charge on any atom is 0.230 e. The van der Waals surface area contributed by atoms with Gasteiger partial charge in [0.2, 0.25) is 5.91 Å². The lowest BCUT2D eigenvalue weighted by molar-refractivity contribution is -0.265. The number of hydrogen-bond acceptors (Lipinski definition) is 7. The number of aliphatic hydroxyl groups excluding tert-OH is 2. The number of phenols is 1. The zero-order valence-electron chi connectivity index (χ0n) is 19.6. The average molecular weight is 460 g/mol. The number of phenolic OH excluding ortho intramolecular Hbond substituents is 1. The first-order chi connectivity index (χ1) is 15.1. The van der Waals surface area contributed by atoms with E-state index in [-0.39, 0.29) is 23.7 Å². The maximum absolute atomic E-state index is 13.7. The quantitative estimate of drug-likeness (QED) is 0.411. The predicted molar refractivity (Wildman–Crippen MR) is 118 cm³/mol. The molecular weight excluding hydrogens is 426 g/mol. The van der Waals surface area contributed by atoms with Crippen molar-refractivity contribution in [3.8, 4) is 5.75 Å². The van der Waals surface area contributed by atoms with Gasteiger partial charge in [-0.2, -0.15) is 0 Å². The highest BCUT2D eigenvalue weighted by Gasteiger charge is 2.75. The summed E-state index contributed by atoms with van der Waals surface area (Å²) < 4.78 is 0. The molecule has 3 aliphatic rings. The number of fused-ring (bicyclic) bond motifs is 3. The summed E-state index contributed by atoms with van der Waals surface area (Å²) in [5, 5.41) is 45.1. The Morgan fingerprint density at radius 2 is 1.79 bits per heavy atom. The molecule has 0 saturated heterocycles. The van der Waals surface area contributed by atoms with E-state index in [1.165, 1.54) is 6.07 Å². The third-order valence-corrected chi connectivity index (χ3v) is 8.90. The molecule has 0 aromatic heterocycles. The summed E-state index contributed by atoms with van der Waals surface area (Å²) in [5.41, 5.74) is 2.38. The molecule has 8 nitrogen and oxygen atoms in total. The third-order valence-electron chi connectivity index (χ3n) is 8.90. The van der Waals surface area contributed by atoms with Crippen molar-refractivity contribution in [1.29, 1.82) is 0 Å². The molecule has 0 spiro atoms. The number of nitrogens with two attached hydrogens (primary N) is 1. The number of ketones is 2. The van der Waals surface area contributed by atoms with Crippen molar-refractivity contribution in [3.05, 3.63) is 28.8 Å². The van der Waals surface area contributed by atoms with Crippen molar-refractivity contribution in [2.24, 2.45) is 40.2 Å². The molecule has 8 atom stereocenters. The summed E-state index contributed by atoms with van der Waals surface area (Å²) in [4.78, 5) is 39.4. The lowest BCUT2D eigenvalue weighted by Crippen LogP contribution is -2.79. The Morgan fingerprint density at radius 1 is 1.18 bits per heavy atom. The molecule has 3 aliphatic carbocycles. The van der Waals surface area contributed by atoms with Crippen molar-refractivity contribution in [2.45, 2.75) is 65.3 Å². The summed E-state index contributed by atoms with van der Waals surface area (Å²) in [6, 6.07) is 3.15. The lowest BCUT2D eigenvalue weighted by atomic mass is 9.39. The van der Waals surface area contributed by atoms with Gasteiger partial charge in [-0.05, 0) is 54.2 Å². The molecule has 180 valence electrons. The van der Waals surface area contributed by atoms with Crippen LogP contribution in [-0.4, -0.2) is 55.7 Å². The van der Waals surface area contributed by atoms with Gasteiger partial charge in [0.15, 0.2) is 17.2 Å². The first kappa shape index (κ1) is 23.9. The minimum absolute atomic E-state index is 0.0962. The molecule has 0 radical (unpaired) electrons. The molecule has 1 aromatic carbocycles. The van der Waals surface area contributed by atoms with Crippen LogP contribution in [0.3, 0.4) is 0 Å². The first-order valence-electron chi connectivity index (χ1n) is 11.4. The van der Waals surface area contributed by atoms with Crippen molar-refractivity contribution < 1.29 is 34.8 Å². The van der Waals surface area contributed by atoms with E-state index in [1.54, 1.807) is 13.0 Å². The molecule has 1 aromatic rings. The van der Waals surface area contributed by atoms with E-state index < -0.39 is 63.9 Å². The van der Waals surface area contributed by atoms with Gasteiger partial charge in [-0.1, -0.05) is 33.8 Å². The van der Waals surface area contributed by atoms with Gasteiger partial charge in [-0.15, -0.1) is 0 Å². The minimum Gasteiger partial charge on any atom is -0.507 e. The second-order valence-corrected chi connectivity index (χ2v) is 11.2. The van der Waals surface area contributed by atoms with Crippen molar-refractivity contribution >= 4 is 17.5 Å². The van der Waals surface area contributed by atoms with E-state index in [9.17, 15) is 34.8 Å². The SMILES string of the molecule is Cc1ccc(O)c2c1C[C@]1(C)C[C@]3(C)[C@@H](C(C)C)C(O)[C@@H](C(N)=O)C(=O)[C@]3(O)C(O)[C@H]1C2=O. The molecule has 0 heterocycles. The predicted octanol–water partition coefficient (Wildman–Crippen LogP) is 0.881. The van der Waals surface area contributed by atoms with Crippen LogP contribution in [0.25, 0.3) is 0 Å². The fraction of sp³-hybridized carbons (Fsp3) is 0.640. The summed E-state index contributed by atoms with van der Waals surface area (Å²) in [5.74, 6) is -6.78. The van der Waals surface area contributed by atoms with Gasteiger partial charge >= 0.3 is 0 Å². The highest BCUT2D eigenvalue weighted by Crippen LogP contribution is 2.65. The summed E-state index contributed by atoms with van der Waals surface area (Å²) in [7, 11) is 0. The van der Waals surface area contributed by atoms with Gasteiger partial charge in [0.05, 0.1) is 17.6 Å². The molecule has 2 saturated carbocycles. The normalized spacial score (nSPS) is 42.5. The molecule has 2 fully saturated rings. The van der Waals surface area contributed by atoms with Gasteiger partial charge in [-0.25, -0.2) is 0 Å². The van der Waals surface area contributed by atoms with Crippen LogP contribution in [-0.2, 0) is 16.0 Å². The van der Waals surface area contributed by atoms with E-state index in [2.05, 4.69) is 0 Å². The van der Waals surface area contributed by atoms with Crippen LogP contribution in [0.15, 0.2) is 12.1 Å². The largest absolute Gasteiger partial charge is 0.507 e. The fourth-order valence-electron chi connectivity index (χ4n) is 7.68. The molecule has 2 unspecified atom stereocenters. The molecule has 33 heavy (non-hydrogen) atoms. The summed E-state index contributed by atoms with van der Waals surface area (Å²) in [6.07, 6.45) is -2.78. The van der Waals surface area contributed by atoms with Gasteiger partial charge in [0, 0.05) is 5.41 Å². The Balaban J connectivity index is 1.97. The topological polar surface area (TPSA) is 158 Å². The number of aliphatic hydroxyl groups is 3. The number of rotatable bonds is 2.